The van der Waals surface area contributed by atoms with Crippen LogP contribution in [-0.2, 0) is 0 Å². The third kappa shape index (κ3) is 2.47. The van der Waals surface area contributed by atoms with E-state index in [1.807, 2.05) is 6.07 Å². The number of anilines is 1. The highest BCUT2D eigenvalue weighted by molar-refractivity contribution is 7.99. The summed E-state index contributed by atoms with van der Waals surface area (Å²) in [6.07, 6.45) is 1.62. The average Bonchev–Trinajstić information content (AvgIpc) is 2.75. The van der Waals surface area contributed by atoms with Gasteiger partial charge in [-0.2, -0.15) is 5.10 Å². The van der Waals surface area contributed by atoms with Crippen molar-refractivity contribution in [2.24, 2.45) is 0 Å². The molecule has 5 nitrogen and oxygen atoms in total. The minimum Gasteiger partial charge on any atom is -0.382 e. The van der Waals surface area contributed by atoms with Crippen molar-refractivity contribution < 1.29 is 0 Å². The van der Waals surface area contributed by atoms with E-state index in [2.05, 4.69) is 20.2 Å². The predicted molar refractivity (Wildman–Crippen MR) is 76.7 cm³/mol. The SMILES string of the molecule is Nc1[nH]nc2ncc(Sc3ccc(Cl)cc3Cl)nc12. The number of nitrogens with two attached hydrogens (primary N) is 1. The molecule has 0 saturated heterocycles. The summed E-state index contributed by atoms with van der Waals surface area (Å²) in [6.45, 7) is 0. The molecule has 19 heavy (non-hydrogen) atoms. The smallest absolute Gasteiger partial charge is 0.201 e. The first-order valence-corrected chi connectivity index (χ1v) is 6.80. The Balaban J connectivity index is 1.98. The van der Waals surface area contributed by atoms with Gasteiger partial charge >= 0.3 is 0 Å². The Hall–Kier alpha value is -1.50. The van der Waals surface area contributed by atoms with E-state index in [9.17, 15) is 0 Å². The van der Waals surface area contributed by atoms with Gasteiger partial charge in [0.2, 0.25) is 5.65 Å². The highest BCUT2D eigenvalue weighted by Gasteiger charge is 2.09. The summed E-state index contributed by atoms with van der Waals surface area (Å²) in [5.41, 5.74) is 6.76. The lowest BCUT2D eigenvalue weighted by Gasteiger charge is -2.03. The van der Waals surface area contributed by atoms with Crippen molar-refractivity contribution in [3.05, 3.63) is 34.4 Å². The number of fused-ring (bicyclic) bond motifs is 1. The van der Waals surface area contributed by atoms with Gasteiger partial charge < -0.3 is 5.73 Å². The number of H-pyrrole nitrogens is 1. The van der Waals surface area contributed by atoms with Crippen LogP contribution in [-0.4, -0.2) is 20.2 Å². The summed E-state index contributed by atoms with van der Waals surface area (Å²) >= 11 is 13.4. The Morgan fingerprint density at radius 1 is 1.26 bits per heavy atom. The normalized spacial score (nSPS) is 11.1. The number of hydrogen-bond donors (Lipinski definition) is 2. The third-order valence-electron chi connectivity index (χ3n) is 2.38. The van der Waals surface area contributed by atoms with E-state index < -0.39 is 0 Å². The van der Waals surface area contributed by atoms with Crippen LogP contribution in [0.2, 0.25) is 10.0 Å². The van der Waals surface area contributed by atoms with E-state index in [1.165, 1.54) is 11.8 Å². The number of halogens is 2. The molecule has 0 saturated carbocycles. The zero-order valence-electron chi connectivity index (χ0n) is 9.39. The number of nitrogen functional groups attached to an aromatic ring is 1. The number of aromatic nitrogens is 4. The molecule has 0 aliphatic heterocycles. The van der Waals surface area contributed by atoms with Crippen LogP contribution in [0.15, 0.2) is 34.3 Å². The molecule has 0 radical (unpaired) electrons. The molecule has 1 aromatic carbocycles. The van der Waals surface area contributed by atoms with Gasteiger partial charge in [-0.05, 0) is 18.2 Å². The molecule has 0 spiro atoms. The summed E-state index contributed by atoms with van der Waals surface area (Å²) in [6, 6.07) is 5.29. The highest BCUT2D eigenvalue weighted by atomic mass is 35.5. The van der Waals surface area contributed by atoms with Crippen molar-refractivity contribution in [1.82, 2.24) is 20.2 Å². The molecular formula is C11H7Cl2N5S. The molecule has 0 aliphatic rings. The van der Waals surface area contributed by atoms with Crippen molar-refractivity contribution in [1.29, 1.82) is 0 Å². The second-order valence-corrected chi connectivity index (χ2v) is 5.60. The fourth-order valence-electron chi connectivity index (χ4n) is 1.52. The molecule has 0 bridgehead atoms. The van der Waals surface area contributed by atoms with Gasteiger partial charge in [-0.1, -0.05) is 35.0 Å². The zero-order chi connectivity index (χ0) is 13.4. The van der Waals surface area contributed by atoms with Crippen LogP contribution >= 0.6 is 35.0 Å². The molecule has 2 aromatic heterocycles. The lowest BCUT2D eigenvalue weighted by molar-refractivity contribution is 1.08. The molecule has 0 unspecified atom stereocenters. The first-order valence-electron chi connectivity index (χ1n) is 5.23. The molecular weight excluding hydrogens is 305 g/mol. The van der Waals surface area contributed by atoms with Gasteiger partial charge in [0.15, 0.2) is 5.52 Å². The van der Waals surface area contributed by atoms with Gasteiger partial charge in [0, 0.05) is 9.92 Å². The van der Waals surface area contributed by atoms with Crippen molar-refractivity contribution in [2.75, 3.05) is 5.73 Å². The molecule has 0 atom stereocenters. The Kier molecular flexibility index (Phi) is 3.22. The maximum Gasteiger partial charge on any atom is 0.201 e. The number of hydrogen-bond acceptors (Lipinski definition) is 5. The second kappa shape index (κ2) is 4.88. The molecule has 8 heteroatoms. The Morgan fingerprint density at radius 2 is 2.11 bits per heavy atom. The van der Waals surface area contributed by atoms with Crippen LogP contribution in [0.3, 0.4) is 0 Å². The molecule has 2 heterocycles. The molecule has 3 N–H and O–H groups in total. The summed E-state index contributed by atoms with van der Waals surface area (Å²) in [4.78, 5) is 9.40. The minimum atomic E-state index is 0.396. The van der Waals surface area contributed by atoms with Crippen LogP contribution in [0.25, 0.3) is 11.2 Å². The molecule has 96 valence electrons. The van der Waals surface area contributed by atoms with E-state index in [-0.39, 0.29) is 0 Å². The van der Waals surface area contributed by atoms with Crippen LogP contribution in [0.5, 0.6) is 0 Å². The van der Waals surface area contributed by atoms with Crippen molar-refractivity contribution in [2.45, 2.75) is 9.92 Å². The molecule has 0 aliphatic carbocycles. The Bertz CT molecular complexity index is 758. The lowest BCUT2D eigenvalue weighted by atomic mass is 10.4. The van der Waals surface area contributed by atoms with E-state index in [4.69, 9.17) is 28.9 Å². The van der Waals surface area contributed by atoms with Crippen LogP contribution < -0.4 is 5.73 Å². The molecule has 3 rings (SSSR count). The van der Waals surface area contributed by atoms with Gasteiger partial charge in [0.25, 0.3) is 0 Å². The molecule has 3 aromatic rings. The standard InChI is InChI=1S/C11H7Cl2N5S/c12-5-1-2-7(6(13)3-5)19-8-4-15-11-9(16-8)10(14)17-18-11/h1-4H,(H3,14,15,17,18). The maximum atomic E-state index is 6.11. The molecule has 0 fully saturated rings. The Labute approximate surface area is 122 Å². The maximum absolute atomic E-state index is 6.11. The predicted octanol–water partition coefficient (Wildman–Crippen LogP) is 3.39. The van der Waals surface area contributed by atoms with Crippen LogP contribution in [0.1, 0.15) is 0 Å². The highest BCUT2D eigenvalue weighted by Crippen LogP contribution is 2.34. The van der Waals surface area contributed by atoms with Gasteiger partial charge in [0.05, 0.1) is 11.2 Å². The van der Waals surface area contributed by atoms with Gasteiger partial charge in [0.1, 0.15) is 10.8 Å². The van der Waals surface area contributed by atoms with Crippen molar-refractivity contribution in [3.63, 3.8) is 0 Å². The van der Waals surface area contributed by atoms with Gasteiger partial charge in [-0.15, -0.1) is 0 Å². The van der Waals surface area contributed by atoms with Crippen LogP contribution in [0, 0.1) is 0 Å². The lowest BCUT2D eigenvalue weighted by Crippen LogP contribution is -1.89. The monoisotopic (exact) mass is 311 g/mol. The van der Waals surface area contributed by atoms with E-state index in [1.54, 1.807) is 18.3 Å². The zero-order valence-corrected chi connectivity index (χ0v) is 11.7. The van der Waals surface area contributed by atoms with E-state index in [0.717, 1.165) is 4.90 Å². The number of rotatable bonds is 2. The summed E-state index contributed by atoms with van der Waals surface area (Å²) < 4.78 is 0. The number of aromatic amines is 1. The topological polar surface area (TPSA) is 80.5 Å². The third-order valence-corrected chi connectivity index (χ3v) is 4.02. The number of nitrogens with one attached hydrogen (secondary N) is 1. The van der Waals surface area contributed by atoms with E-state index in [0.29, 0.717) is 32.1 Å². The first kappa shape index (κ1) is 12.5. The summed E-state index contributed by atoms with van der Waals surface area (Å²) in [5.74, 6) is 0.396. The van der Waals surface area contributed by atoms with Gasteiger partial charge in [-0.3, -0.25) is 5.10 Å². The number of benzene rings is 1. The number of nitrogens with zero attached hydrogens (tertiary/aromatic N) is 3. The quantitative estimate of drug-likeness (QED) is 0.758. The summed E-state index contributed by atoms with van der Waals surface area (Å²) in [7, 11) is 0. The summed E-state index contributed by atoms with van der Waals surface area (Å²) in [5, 5.41) is 8.40. The van der Waals surface area contributed by atoms with E-state index >= 15 is 0 Å². The fourth-order valence-corrected chi connectivity index (χ4v) is 2.80. The first-order chi connectivity index (χ1) is 9.13. The average molecular weight is 312 g/mol. The minimum absolute atomic E-state index is 0.396. The Morgan fingerprint density at radius 3 is 2.89 bits per heavy atom. The van der Waals surface area contributed by atoms with Crippen molar-refractivity contribution in [3.8, 4) is 0 Å². The fraction of sp³-hybridized carbons (Fsp3) is 0. The second-order valence-electron chi connectivity index (χ2n) is 3.69. The molecule has 0 amide bonds. The van der Waals surface area contributed by atoms with Gasteiger partial charge in [-0.25, -0.2) is 9.97 Å². The van der Waals surface area contributed by atoms with Crippen LogP contribution in [0.4, 0.5) is 5.82 Å². The van der Waals surface area contributed by atoms with Crippen molar-refractivity contribution >= 4 is 51.9 Å². The largest absolute Gasteiger partial charge is 0.382 e.